The maximum atomic E-state index is 13.7. The number of nitrogens with one attached hydrogen (secondary N) is 1. The van der Waals surface area contributed by atoms with E-state index in [0.717, 1.165) is 35.5 Å². The number of carbonyl (C=O) groups excluding carboxylic acids is 2. The van der Waals surface area contributed by atoms with E-state index < -0.39 is 43.3 Å². The number of amides is 2. The number of benzene rings is 1. The molecule has 2 rings (SSSR count). The molecule has 0 aliphatic carbocycles. The lowest BCUT2D eigenvalue weighted by Gasteiger charge is -2.22. The average Bonchev–Trinajstić information content (AvgIpc) is 3.13. The largest absolute Gasteiger partial charge is 0.375 e. The molecule has 0 bridgehead atoms. The number of allylic oxidation sites excluding steroid dienone is 3. The SMILES string of the molecule is CC/C=C/C=C(/C(=O)NCC(=O)N1CC(F)(F)CC1C#N)c1cc(N(C)CCCN)ccc1C. The van der Waals surface area contributed by atoms with Crippen molar-refractivity contribution < 1.29 is 18.4 Å². The molecular formula is C25H33F2N5O2. The third-order valence-corrected chi connectivity index (χ3v) is 5.67. The molecule has 0 spiro atoms. The van der Waals surface area contributed by atoms with E-state index in [4.69, 9.17) is 11.0 Å². The van der Waals surface area contributed by atoms with Crippen molar-refractivity contribution in [3.8, 4) is 6.07 Å². The smallest absolute Gasteiger partial charge is 0.268 e. The van der Waals surface area contributed by atoms with E-state index in [0.29, 0.717) is 17.7 Å². The molecule has 184 valence electrons. The summed E-state index contributed by atoms with van der Waals surface area (Å²) in [6.45, 7) is 3.89. The molecule has 1 atom stereocenters. The molecule has 1 heterocycles. The second-order valence-electron chi connectivity index (χ2n) is 8.39. The Kier molecular flexibility index (Phi) is 9.75. The Balaban J connectivity index is 2.24. The monoisotopic (exact) mass is 473 g/mol. The van der Waals surface area contributed by atoms with Crippen molar-refractivity contribution in [2.24, 2.45) is 5.73 Å². The maximum absolute atomic E-state index is 13.7. The van der Waals surface area contributed by atoms with Crippen molar-refractivity contribution in [2.45, 2.75) is 45.1 Å². The summed E-state index contributed by atoms with van der Waals surface area (Å²) in [6, 6.07) is 6.33. The summed E-state index contributed by atoms with van der Waals surface area (Å²) < 4.78 is 27.4. The van der Waals surface area contributed by atoms with Crippen LogP contribution in [-0.4, -0.2) is 61.9 Å². The molecule has 1 aliphatic heterocycles. The van der Waals surface area contributed by atoms with Gasteiger partial charge in [-0.05, 0) is 55.6 Å². The van der Waals surface area contributed by atoms with E-state index in [1.165, 1.54) is 0 Å². The molecule has 7 nitrogen and oxygen atoms in total. The van der Waals surface area contributed by atoms with E-state index >= 15 is 0 Å². The number of nitriles is 1. The lowest BCUT2D eigenvalue weighted by atomic mass is 9.98. The van der Waals surface area contributed by atoms with Crippen LogP contribution >= 0.6 is 0 Å². The third-order valence-electron chi connectivity index (χ3n) is 5.67. The Morgan fingerprint density at radius 2 is 2.15 bits per heavy atom. The standard InChI is InChI=1S/C25H33F2N5O2/c1-4-5-6-8-21(22-13-19(10-9-18(22)2)31(3)12-7-11-28)24(34)30-16-23(33)32-17-25(26,27)14-20(32)15-29/h5-6,8-10,13,20H,4,7,11-12,14,16-17,28H2,1-3H3,(H,30,34)/b6-5+,21-8+. The fourth-order valence-corrected chi connectivity index (χ4v) is 3.73. The number of hydrogen-bond acceptors (Lipinski definition) is 5. The molecule has 1 aromatic carbocycles. The predicted octanol–water partition coefficient (Wildman–Crippen LogP) is 3.01. The lowest BCUT2D eigenvalue weighted by molar-refractivity contribution is -0.133. The maximum Gasteiger partial charge on any atom is 0.268 e. The summed E-state index contributed by atoms with van der Waals surface area (Å²) >= 11 is 0. The number of alkyl halides is 2. The molecule has 0 aromatic heterocycles. The van der Waals surface area contributed by atoms with Crippen molar-refractivity contribution in [1.82, 2.24) is 10.2 Å². The fraction of sp³-hybridized carbons (Fsp3) is 0.480. The van der Waals surface area contributed by atoms with Gasteiger partial charge in [-0.1, -0.05) is 25.1 Å². The minimum atomic E-state index is -3.11. The van der Waals surface area contributed by atoms with Crippen LogP contribution in [0.5, 0.6) is 0 Å². The predicted molar refractivity (Wildman–Crippen MR) is 129 cm³/mol. The summed E-state index contributed by atoms with van der Waals surface area (Å²) in [5.74, 6) is -4.32. The van der Waals surface area contributed by atoms with Crippen LogP contribution in [0, 0.1) is 18.3 Å². The molecular weight excluding hydrogens is 440 g/mol. The molecule has 1 unspecified atom stereocenters. The van der Waals surface area contributed by atoms with Crippen molar-refractivity contribution in [1.29, 1.82) is 5.26 Å². The Morgan fingerprint density at radius 1 is 1.41 bits per heavy atom. The minimum Gasteiger partial charge on any atom is -0.375 e. The zero-order valence-electron chi connectivity index (χ0n) is 20.0. The van der Waals surface area contributed by atoms with Crippen LogP contribution in [0.4, 0.5) is 14.5 Å². The summed E-state index contributed by atoms with van der Waals surface area (Å²) in [5, 5.41) is 11.7. The van der Waals surface area contributed by atoms with Gasteiger partial charge in [0.2, 0.25) is 5.91 Å². The Hall–Kier alpha value is -3.25. The Labute approximate surface area is 199 Å². The van der Waals surface area contributed by atoms with E-state index in [2.05, 4.69) is 5.32 Å². The van der Waals surface area contributed by atoms with Crippen molar-refractivity contribution in [3.05, 3.63) is 47.6 Å². The Bertz CT molecular complexity index is 984. The van der Waals surface area contributed by atoms with Gasteiger partial charge in [-0.3, -0.25) is 9.59 Å². The summed E-state index contributed by atoms with van der Waals surface area (Å²) in [4.78, 5) is 28.5. The number of anilines is 1. The van der Waals surface area contributed by atoms with Gasteiger partial charge in [-0.15, -0.1) is 0 Å². The quantitative estimate of drug-likeness (QED) is 0.402. The topological polar surface area (TPSA) is 102 Å². The van der Waals surface area contributed by atoms with E-state index in [1.807, 2.05) is 50.1 Å². The van der Waals surface area contributed by atoms with Crippen LogP contribution in [0.3, 0.4) is 0 Å². The van der Waals surface area contributed by atoms with E-state index in [1.54, 1.807) is 18.2 Å². The van der Waals surface area contributed by atoms with E-state index in [9.17, 15) is 18.4 Å². The van der Waals surface area contributed by atoms with Crippen LogP contribution in [-0.2, 0) is 9.59 Å². The molecule has 2 amide bonds. The van der Waals surface area contributed by atoms with Gasteiger partial charge in [0.15, 0.2) is 0 Å². The molecule has 1 aromatic rings. The molecule has 9 heteroatoms. The number of hydrogen-bond donors (Lipinski definition) is 2. The molecule has 1 aliphatic rings. The first-order valence-corrected chi connectivity index (χ1v) is 11.4. The molecule has 1 fully saturated rings. The number of aryl methyl sites for hydroxylation is 1. The van der Waals surface area contributed by atoms with Gasteiger partial charge in [-0.25, -0.2) is 8.78 Å². The van der Waals surface area contributed by atoms with Crippen LogP contribution in [0.25, 0.3) is 5.57 Å². The first-order valence-electron chi connectivity index (χ1n) is 11.4. The van der Waals surface area contributed by atoms with Crippen molar-refractivity contribution in [2.75, 3.05) is 38.1 Å². The fourth-order valence-electron chi connectivity index (χ4n) is 3.73. The first-order chi connectivity index (χ1) is 16.1. The van der Waals surface area contributed by atoms with Crippen LogP contribution in [0.1, 0.15) is 37.3 Å². The number of halogens is 2. The Morgan fingerprint density at radius 3 is 2.79 bits per heavy atom. The summed E-state index contributed by atoms with van der Waals surface area (Å²) in [5.41, 5.74) is 8.46. The van der Waals surface area contributed by atoms with Crippen molar-refractivity contribution in [3.63, 3.8) is 0 Å². The number of likely N-dealkylation sites (tertiary alicyclic amines) is 1. The van der Waals surface area contributed by atoms with Gasteiger partial charge in [0, 0.05) is 31.3 Å². The number of nitrogens with two attached hydrogens (primary N) is 1. The lowest BCUT2D eigenvalue weighted by Crippen LogP contribution is -2.43. The van der Waals surface area contributed by atoms with E-state index in [-0.39, 0.29) is 0 Å². The van der Waals surface area contributed by atoms with Crippen LogP contribution in [0.15, 0.2) is 36.4 Å². The molecule has 0 radical (unpaired) electrons. The highest BCUT2D eigenvalue weighted by molar-refractivity contribution is 6.21. The highest BCUT2D eigenvalue weighted by Crippen LogP contribution is 2.31. The minimum absolute atomic E-state index is 0.354. The van der Waals surface area contributed by atoms with Gasteiger partial charge in [0.25, 0.3) is 11.8 Å². The van der Waals surface area contributed by atoms with Gasteiger partial charge in [0.1, 0.15) is 6.04 Å². The zero-order chi connectivity index (χ0) is 25.3. The molecule has 0 saturated carbocycles. The van der Waals surface area contributed by atoms with Gasteiger partial charge in [-0.2, -0.15) is 5.26 Å². The van der Waals surface area contributed by atoms with Crippen molar-refractivity contribution >= 4 is 23.1 Å². The highest BCUT2D eigenvalue weighted by atomic mass is 19.3. The second kappa shape index (κ2) is 12.3. The average molecular weight is 474 g/mol. The summed E-state index contributed by atoms with van der Waals surface area (Å²) in [6.07, 6.45) is 6.26. The highest BCUT2D eigenvalue weighted by Gasteiger charge is 2.47. The molecule has 1 saturated heterocycles. The number of nitrogens with zero attached hydrogens (tertiary/aromatic N) is 3. The van der Waals surface area contributed by atoms with Crippen LogP contribution in [0.2, 0.25) is 0 Å². The van der Waals surface area contributed by atoms with Gasteiger partial charge >= 0.3 is 0 Å². The molecule has 34 heavy (non-hydrogen) atoms. The number of carbonyl (C=O) groups is 2. The van der Waals surface area contributed by atoms with Gasteiger partial charge in [0.05, 0.1) is 19.2 Å². The normalized spacial score (nSPS) is 17.6. The number of rotatable bonds is 10. The zero-order valence-corrected chi connectivity index (χ0v) is 20.0. The molecule has 3 N–H and O–H groups in total. The second-order valence-corrected chi connectivity index (χ2v) is 8.39. The van der Waals surface area contributed by atoms with Crippen LogP contribution < -0.4 is 16.0 Å². The first kappa shape index (κ1) is 27.0. The summed E-state index contributed by atoms with van der Waals surface area (Å²) in [7, 11) is 1.95. The van der Waals surface area contributed by atoms with Gasteiger partial charge < -0.3 is 20.9 Å². The third kappa shape index (κ3) is 7.12.